The van der Waals surface area contributed by atoms with Gasteiger partial charge in [-0.15, -0.1) is 0 Å². The van der Waals surface area contributed by atoms with Crippen LogP contribution in [0, 0.1) is 0 Å². The molecule has 0 N–H and O–H groups in total. The first kappa shape index (κ1) is 14.9. The predicted molar refractivity (Wildman–Crippen MR) is 112 cm³/mol. The van der Waals surface area contributed by atoms with Crippen molar-refractivity contribution in [1.82, 2.24) is 0 Å². The number of aryl methyl sites for hydroxylation is 1. The van der Waals surface area contributed by atoms with E-state index in [1.165, 1.54) is 43.8 Å². The maximum Gasteiger partial charge on any atom is 0.0254 e. The smallest absolute Gasteiger partial charge is 0.0254 e. The van der Waals surface area contributed by atoms with Gasteiger partial charge in [0.25, 0.3) is 0 Å². The summed E-state index contributed by atoms with van der Waals surface area (Å²) in [4.78, 5) is 0. The van der Waals surface area contributed by atoms with Crippen LogP contribution in [-0.2, 0) is 6.42 Å². The molecule has 0 saturated carbocycles. The minimum Gasteiger partial charge on any atom is -0.0836 e. The highest BCUT2D eigenvalue weighted by molar-refractivity contribution is 9.10. The van der Waals surface area contributed by atoms with Crippen molar-refractivity contribution in [1.29, 1.82) is 0 Å². The second kappa shape index (κ2) is 5.86. The lowest BCUT2D eigenvalue weighted by Crippen LogP contribution is -1.95. The molecule has 120 valence electrons. The van der Waals surface area contributed by atoms with Gasteiger partial charge in [0.1, 0.15) is 0 Å². The largest absolute Gasteiger partial charge is 0.0836 e. The van der Waals surface area contributed by atoms with E-state index in [-0.39, 0.29) is 0 Å². The summed E-state index contributed by atoms with van der Waals surface area (Å²) in [6, 6.07) is 24.4. The van der Waals surface area contributed by atoms with Crippen LogP contribution >= 0.6 is 15.9 Å². The van der Waals surface area contributed by atoms with Crippen molar-refractivity contribution in [3.63, 3.8) is 0 Å². The molecule has 0 spiro atoms. The van der Waals surface area contributed by atoms with Crippen LogP contribution in [-0.4, -0.2) is 0 Å². The molecule has 0 atom stereocenters. The number of hydrogen-bond donors (Lipinski definition) is 0. The first-order valence-electron chi connectivity index (χ1n) is 8.71. The second-order valence-corrected chi connectivity index (χ2v) is 7.51. The van der Waals surface area contributed by atoms with Gasteiger partial charge in [0.2, 0.25) is 0 Å². The van der Waals surface area contributed by atoms with E-state index in [1.54, 1.807) is 0 Å². The topological polar surface area (TPSA) is 0 Å². The summed E-state index contributed by atoms with van der Waals surface area (Å²) in [6.07, 6.45) is 6.81. The molecule has 0 nitrogen and oxygen atoms in total. The molecule has 0 aliphatic heterocycles. The SMILES string of the molecule is Brc1ccc(-c2ccc3ccc4c(c3c2)CCC=C4)c2ccccc12. The summed E-state index contributed by atoms with van der Waals surface area (Å²) in [6.45, 7) is 0. The summed E-state index contributed by atoms with van der Waals surface area (Å²) in [5.74, 6) is 0. The van der Waals surface area contributed by atoms with Gasteiger partial charge in [-0.1, -0.05) is 82.7 Å². The Morgan fingerprint density at radius 3 is 2.52 bits per heavy atom. The molecule has 1 heteroatoms. The highest BCUT2D eigenvalue weighted by Gasteiger charge is 2.11. The van der Waals surface area contributed by atoms with Crippen molar-refractivity contribution in [3.05, 3.63) is 88.4 Å². The molecule has 0 radical (unpaired) electrons. The Balaban J connectivity index is 1.80. The monoisotopic (exact) mass is 384 g/mol. The number of halogens is 1. The second-order valence-electron chi connectivity index (χ2n) is 6.65. The van der Waals surface area contributed by atoms with Gasteiger partial charge in [-0.2, -0.15) is 0 Å². The molecule has 0 aromatic heterocycles. The highest BCUT2D eigenvalue weighted by Crippen LogP contribution is 2.36. The van der Waals surface area contributed by atoms with E-state index in [9.17, 15) is 0 Å². The summed E-state index contributed by atoms with van der Waals surface area (Å²) >= 11 is 3.69. The zero-order valence-electron chi connectivity index (χ0n) is 13.8. The molecule has 0 amide bonds. The molecule has 5 rings (SSSR count). The Kier molecular flexibility index (Phi) is 3.50. The number of rotatable bonds is 1. The van der Waals surface area contributed by atoms with Crippen LogP contribution in [0.1, 0.15) is 17.5 Å². The van der Waals surface area contributed by atoms with E-state index in [2.05, 4.69) is 94.8 Å². The average molecular weight is 385 g/mol. The molecule has 4 aromatic rings. The molecule has 0 saturated heterocycles. The maximum atomic E-state index is 3.69. The van der Waals surface area contributed by atoms with Crippen molar-refractivity contribution < 1.29 is 0 Å². The van der Waals surface area contributed by atoms with Crippen LogP contribution in [0.5, 0.6) is 0 Å². The Labute approximate surface area is 155 Å². The standard InChI is InChI=1S/C24H17Br/c25-24-14-13-20(21-7-3-4-8-22(21)24)18-12-11-17-10-9-16-5-1-2-6-19(16)23(17)15-18/h1,3-5,7-15H,2,6H2. The molecule has 0 unspecified atom stereocenters. The van der Waals surface area contributed by atoms with Crippen LogP contribution in [0.15, 0.2) is 77.3 Å². The lowest BCUT2D eigenvalue weighted by Gasteiger charge is -2.15. The van der Waals surface area contributed by atoms with E-state index in [4.69, 9.17) is 0 Å². The van der Waals surface area contributed by atoms with Crippen LogP contribution < -0.4 is 0 Å². The first-order valence-corrected chi connectivity index (χ1v) is 9.50. The Morgan fingerprint density at radius 1 is 0.760 bits per heavy atom. The van der Waals surface area contributed by atoms with E-state index >= 15 is 0 Å². The normalized spacial score (nSPS) is 13.3. The van der Waals surface area contributed by atoms with Crippen molar-refractivity contribution in [2.24, 2.45) is 0 Å². The van der Waals surface area contributed by atoms with Gasteiger partial charge in [-0.05, 0) is 68.8 Å². The molecular formula is C24H17Br. The predicted octanol–water partition coefficient (Wildman–Crippen LogP) is 7.38. The minimum atomic E-state index is 1.13. The fourth-order valence-electron chi connectivity index (χ4n) is 3.95. The van der Waals surface area contributed by atoms with Crippen molar-refractivity contribution in [2.75, 3.05) is 0 Å². The lowest BCUT2D eigenvalue weighted by atomic mass is 9.89. The van der Waals surface area contributed by atoms with Crippen LogP contribution in [0.2, 0.25) is 0 Å². The fourth-order valence-corrected chi connectivity index (χ4v) is 4.43. The Bertz CT molecular complexity index is 1150. The molecule has 25 heavy (non-hydrogen) atoms. The molecule has 4 aromatic carbocycles. The quantitative estimate of drug-likeness (QED) is 0.321. The third kappa shape index (κ3) is 2.42. The molecular weight excluding hydrogens is 368 g/mol. The molecule has 1 aliphatic carbocycles. The molecule has 1 aliphatic rings. The van der Waals surface area contributed by atoms with Gasteiger partial charge in [-0.25, -0.2) is 0 Å². The van der Waals surface area contributed by atoms with Gasteiger partial charge in [0.05, 0.1) is 0 Å². The highest BCUT2D eigenvalue weighted by atomic mass is 79.9. The zero-order chi connectivity index (χ0) is 16.8. The summed E-state index contributed by atoms with van der Waals surface area (Å²) < 4.78 is 1.15. The maximum absolute atomic E-state index is 3.69. The van der Waals surface area contributed by atoms with E-state index in [0.29, 0.717) is 0 Å². The van der Waals surface area contributed by atoms with Gasteiger partial charge < -0.3 is 0 Å². The fraction of sp³-hybridized carbons (Fsp3) is 0.0833. The van der Waals surface area contributed by atoms with Crippen LogP contribution in [0.4, 0.5) is 0 Å². The molecule has 0 heterocycles. The first-order chi connectivity index (χ1) is 12.3. The van der Waals surface area contributed by atoms with Gasteiger partial charge >= 0.3 is 0 Å². The zero-order valence-corrected chi connectivity index (χ0v) is 15.4. The summed E-state index contributed by atoms with van der Waals surface area (Å²) in [7, 11) is 0. The minimum absolute atomic E-state index is 1.13. The van der Waals surface area contributed by atoms with E-state index in [1.807, 2.05) is 0 Å². The Hall–Kier alpha value is -2.38. The summed E-state index contributed by atoms with van der Waals surface area (Å²) in [5, 5.41) is 5.28. The number of hydrogen-bond acceptors (Lipinski definition) is 0. The lowest BCUT2D eigenvalue weighted by molar-refractivity contribution is 0.997. The molecule has 0 bridgehead atoms. The van der Waals surface area contributed by atoms with E-state index in [0.717, 1.165) is 17.3 Å². The molecule has 0 fully saturated rings. The Morgan fingerprint density at radius 2 is 1.60 bits per heavy atom. The number of allylic oxidation sites excluding steroid dienone is 1. The third-order valence-electron chi connectivity index (χ3n) is 5.21. The van der Waals surface area contributed by atoms with Crippen molar-refractivity contribution in [3.8, 4) is 11.1 Å². The summed E-state index contributed by atoms with van der Waals surface area (Å²) in [5.41, 5.74) is 5.45. The van der Waals surface area contributed by atoms with Gasteiger partial charge in [0.15, 0.2) is 0 Å². The van der Waals surface area contributed by atoms with Gasteiger partial charge in [-0.3, -0.25) is 0 Å². The third-order valence-corrected chi connectivity index (χ3v) is 5.90. The van der Waals surface area contributed by atoms with E-state index < -0.39 is 0 Å². The van der Waals surface area contributed by atoms with Crippen molar-refractivity contribution in [2.45, 2.75) is 12.8 Å². The number of fused-ring (bicyclic) bond motifs is 4. The average Bonchev–Trinajstić information content (AvgIpc) is 2.68. The van der Waals surface area contributed by atoms with Crippen LogP contribution in [0.25, 0.3) is 38.7 Å². The number of benzene rings is 4. The van der Waals surface area contributed by atoms with Gasteiger partial charge in [0, 0.05) is 4.47 Å². The van der Waals surface area contributed by atoms with Crippen LogP contribution in [0.3, 0.4) is 0 Å². The van der Waals surface area contributed by atoms with Crippen molar-refractivity contribution >= 4 is 43.6 Å².